The first-order valence-corrected chi connectivity index (χ1v) is 8.92. The van der Waals surface area contributed by atoms with Gasteiger partial charge < -0.3 is 10.6 Å². The molecule has 4 heterocycles. The van der Waals surface area contributed by atoms with Crippen molar-refractivity contribution in [2.24, 2.45) is 11.7 Å². The van der Waals surface area contributed by atoms with Gasteiger partial charge in [-0.2, -0.15) is 5.10 Å². The zero-order valence-corrected chi connectivity index (χ0v) is 15.4. The largest absolute Gasteiger partial charge is 0.363 e. The number of carbonyl (C=O) groups is 2. The van der Waals surface area contributed by atoms with Crippen LogP contribution in [0.1, 0.15) is 55.6 Å². The van der Waals surface area contributed by atoms with Crippen LogP contribution in [0.2, 0.25) is 0 Å². The summed E-state index contributed by atoms with van der Waals surface area (Å²) in [5.41, 5.74) is 5.12. The van der Waals surface area contributed by atoms with Gasteiger partial charge in [0.25, 0.3) is 5.91 Å². The second kappa shape index (κ2) is 7.27. The van der Waals surface area contributed by atoms with Crippen molar-refractivity contribution in [1.82, 2.24) is 24.5 Å². The third-order valence-corrected chi connectivity index (χ3v) is 4.84. The molecule has 2 aromatic rings. The predicted octanol–water partition coefficient (Wildman–Crippen LogP) is 1.16. The third kappa shape index (κ3) is 3.47. The molecule has 2 aromatic heterocycles. The molecule has 0 aliphatic carbocycles. The number of fused-ring (bicyclic) bond motifs is 2. The number of anilines is 1. The number of nitrogens with two attached hydrogens (primary N) is 1. The quantitative estimate of drug-likeness (QED) is 0.865. The monoisotopic (exact) mass is 359 g/mol. The van der Waals surface area contributed by atoms with Crippen molar-refractivity contribution in [2.75, 3.05) is 11.9 Å². The van der Waals surface area contributed by atoms with Crippen molar-refractivity contribution >= 4 is 17.6 Å². The van der Waals surface area contributed by atoms with Crippen molar-refractivity contribution in [2.45, 2.75) is 52.1 Å². The van der Waals surface area contributed by atoms with Crippen LogP contribution in [0.15, 0.2) is 12.3 Å². The average molecular weight is 359 g/mol. The van der Waals surface area contributed by atoms with Gasteiger partial charge in [-0.1, -0.05) is 13.8 Å². The normalized spacial score (nSPS) is 18.8. The molecule has 2 N–H and O–H groups in total. The second-order valence-corrected chi connectivity index (χ2v) is 6.98. The highest BCUT2D eigenvalue weighted by atomic mass is 16.2. The molecule has 2 amide bonds. The van der Waals surface area contributed by atoms with Gasteiger partial charge in [-0.15, -0.1) is 5.10 Å². The molecule has 0 saturated heterocycles. The highest BCUT2D eigenvalue weighted by molar-refractivity contribution is 5.92. The van der Waals surface area contributed by atoms with Crippen molar-refractivity contribution < 1.29 is 9.59 Å². The minimum Gasteiger partial charge on any atom is -0.363 e. The summed E-state index contributed by atoms with van der Waals surface area (Å²) in [5, 5.41) is 8.25. The standard InChI is InChI=1S/C9H14N4O.C8H11N3O/c1-5(2)6-3-4-7-11-9(8(10)14)12-13(6)7;1-10-7-4-5-9-11(7)6-2-3-8(10)12/h5-6H,3-4H2,1-2H3,(H2,10,14);4-5H,2-3,6H2,1H3. The topological polar surface area (TPSA) is 112 Å². The fraction of sp³-hybridized carbons (Fsp3) is 0.588. The van der Waals surface area contributed by atoms with Gasteiger partial charge in [-0.05, 0) is 18.8 Å². The molecule has 1 unspecified atom stereocenters. The van der Waals surface area contributed by atoms with E-state index < -0.39 is 5.91 Å². The molecule has 0 fully saturated rings. The zero-order chi connectivity index (χ0) is 18.8. The average Bonchev–Trinajstić information content (AvgIpc) is 3.27. The lowest BCUT2D eigenvalue weighted by atomic mass is 10.0. The van der Waals surface area contributed by atoms with Crippen molar-refractivity contribution in [3.8, 4) is 0 Å². The number of carbonyl (C=O) groups excluding carboxylic acids is 2. The minimum atomic E-state index is -0.547. The molecular formula is C17H25N7O2. The molecule has 0 radical (unpaired) electrons. The molecule has 26 heavy (non-hydrogen) atoms. The fourth-order valence-electron chi connectivity index (χ4n) is 3.37. The van der Waals surface area contributed by atoms with Crippen molar-refractivity contribution in [1.29, 1.82) is 0 Å². The highest BCUT2D eigenvalue weighted by Crippen LogP contribution is 2.29. The molecular weight excluding hydrogens is 334 g/mol. The van der Waals surface area contributed by atoms with Crippen molar-refractivity contribution in [3.05, 3.63) is 23.9 Å². The van der Waals surface area contributed by atoms with Crippen LogP contribution >= 0.6 is 0 Å². The molecule has 0 aromatic carbocycles. The summed E-state index contributed by atoms with van der Waals surface area (Å²) in [7, 11) is 1.79. The van der Waals surface area contributed by atoms with E-state index in [0.29, 0.717) is 18.4 Å². The van der Waals surface area contributed by atoms with Crippen LogP contribution in [-0.2, 0) is 17.8 Å². The number of aryl methyl sites for hydroxylation is 2. The SMILES string of the molecule is CC(C)C1CCc2nc(C(N)=O)nn21.CN1C(=O)CCCn2nccc21. The number of amides is 2. The molecule has 1 atom stereocenters. The van der Waals surface area contributed by atoms with E-state index in [1.807, 2.05) is 15.4 Å². The van der Waals surface area contributed by atoms with E-state index in [2.05, 4.69) is 29.0 Å². The molecule has 9 nitrogen and oxygen atoms in total. The van der Waals surface area contributed by atoms with Gasteiger partial charge in [0.1, 0.15) is 11.6 Å². The summed E-state index contributed by atoms with van der Waals surface area (Å²) in [6.45, 7) is 5.13. The Labute approximate surface area is 152 Å². The maximum absolute atomic E-state index is 11.4. The molecule has 0 saturated carbocycles. The van der Waals surface area contributed by atoms with Gasteiger partial charge >= 0.3 is 0 Å². The van der Waals surface area contributed by atoms with Crippen LogP contribution in [-0.4, -0.2) is 43.4 Å². The Morgan fingerprint density at radius 2 is 2.12 bits per heavy atom. The predicted molar refractivity (Wildman–Crippen MR) is 95.6 cm³/mol. The van der Waals surface area contributed by atoms with Crippen LogP contribution in [0.3, 0.4) is 0 Å². The number of aromatic nitrogens is 5. The van der Waals surface area contributed by atoms with E-state index in [-0.39, 0.29) is 11.7 Å². The number of hydrogen-bond donors (Lipinski definition) is 1. The van der Waals surface area contributed by atoms with Gasteiger partial charge in [0.15, 0.2) is 0 Å². The number of nitrogens with zero attached hydrogens (tertiary/aromatic N) is 6. The van der Waals surface area contributed by atoms with Gasteiger partial charge in [-0.25, -0.2) is 14.3 Å². The summed E-state index contributed by atoms with van der Waals surface area (Å²) < 4.78 is 3.72. The Kier molecular flexibility index (Phi) is 5.06. The maximum Gasteiger partial charge on any atom is 0.288 e. The Balaban J connectivity index is 0.000000152. The highest BCUT2D eigenvalue weighted by Gasteiger charge is 2.28. The Morgan fingerprint density at radius 1 is 1.35 bits per heavy atom. The van der Waals surface area contributed by atoms with Crippen LogP contribution in [0.5, 0.6) is 0 Å². The first-order valence-electron chi connectivity index (χ1n) is 8.92. The molecule has 4 rings (SSSR count). The first-order chi connectivity index (χ1) is 12.4. The molecule has 9 heteroatoms. The van der Waals surface area contributed by atoms with E-state index in [4.69, 9.17) is 5.73 Å². The second-order valence-electron chi connectivity index (χ2n) is 6.98. The number of primary amides is 1. The summed E-state index contributed by atoms with van der Waals surface area (Å²) in [6.07, 6.45) is 5.19. The number of hydrogen-bond acceptors (Lipinski definition) is 5. The summed E-state index contributed by atoms with van der Waals surface area (Å²) in [4.78, 5) is 28.0. The van der Waals surface area contributed by atoms with Gasteiger partial charge in [0.2, 0.25) is 11.7 Å². The van der Waals surface area contributed by atoms with E-state index in [1.54, 1.807) is 18.1 Å². The fourth-order valence-corrected chi connectivity index (χ4v) is 3.37. The van der Waals surface area contributed by atoms with Crippen LogP contribution in [0.25, 0.3) is 0 Å². The Bertz CT molecular complexity index is 808. The summed E-state index contributed by atoms with van der Waals surface area (Å²) in [6, 6.07) is 2.23. The molecule has 0 spiro atoms. The lowest BCUT2D eigenvalue weighted by molar-refractivity contribution is -0.118. The van der Waals surface area contributed by atoms with Crippen LogP contribution < -0.4 is 10.6 Å². The number of rotatable bonds is 2. The van der Waals surface area contributed by atoms with E-state index in [1.165, 1.54) is 0 Å². The Hall–Kier alpha value is -2.71. The molecule has 140 valence electrons. The molecule has 2 aliphatic heterocycles. The van der Waals surface area contributed by atoms with Crippen molar-refractivity contribution in [3.63, 3.8) is 0 Å². The maximum atomic E-state index is 11.4. The first kappa shape index (κ1) is 18.1. The Morgan fingerprint density at radius 3 is 2.81 bits per heavy atom. The van der Waals surface area contributed by atoms with Gasteiger partial charge in [0, 0.05) is 32.5 Å². The minimum absolute atomic E-state index is 0.144. The third-order valence-electron chi connectivity index (χ3n) is 4.84. The zero-order valence-electron chi connectivity index (χ0n) is 15.4. The van der Waals surface area contributed by atoms with Gasteiger partial charge in [0.05, 0.1) is 12.2 Å². The summed E-state index contributed by atoms with van der Waals surface area (Å²) >= 11 is 0. The smallest absolute Gasteiger partial charge is 0.288 e. The van der Waals surface area contributed by atoms with E-state index in [9.17, 15) is 9.59 Å². The lowest BCUT2D eigenvalue weighted by Gasteiger charge is -2.14. The van der Waals surface area contributed by atoms with Crippen LogP contribution in [0, 0.1) is 5.92 Å². The van der Waals surface area contributed by atoms with Crippen LogP contribution in [0.4, 0.5) is 5.82 Å². The van der Waals surface area contributed by atoms with Gasteiger partial charge in [-0.3, -0.25) is 9.59 Å². The summed E-state index contributed by atoms with van der Waals surface area (Å²) in [5.74, 6) is 2.07. The van der Waals surface area contributed by atoms with E-state index >= 15 is 0 Å². The molecule has 2 aliphatic rings. The lowest BCUT2D eigenvalue weighted by Crippen LogP contribution is -2.25. The van der Waals surface area contributed by atoms with E-state index in [0.717, 1.165) is 37.4 Å². The molecule has 0 bridgehead atoms.